The van der Waals surface area contributed by atoms with E-state index in [0.717, 1.165) is 16.7 Å². The van der Waals surface area contributed by atoms with Gasteiger partial charge in [0.15, 0.2) is 5.78 Å². The Kier molecular flexibility index (Phi) is 3.63. The third kappa shape index (κ3) is 2.49. The normalized spacial score (nSPS) is 10.5. The maximum Gasteiger partial charge on any atom is 0.196 e. The molecule has 2 aromatic rings. The molecular weight excluding hydrogens is 258 g/mol. The highest BCUT2D eigenvalue weighted by Crippen LogP contribution is 2.27. The van der Waals surface area contributed by atoms with Gasteiger partial charge in [-0.3, -0.25) is 4.79 Å². The van der Waals surface area contributed by atoms with Crippen molar-refractivity contribution in [3.05, 3.63) is 63.2 Å². The van der Waals surface area contributed by atoms with E-state index in [4.69, 9.17) is 17.3 Å². The second-order valence-electron chi connectivity index (χ2n) is 4.78. The molecule has 0 unspecified atom stereocenters. The molecule has 0 aliphatic heterocycles. The summed E-state index contributed by atoms with van der Waals surface area (Å²) in [7, 11) is 0. The smallest absolute Gasteiger partial charge is 0.196 e. The maximum absolute atomic E-state index is 12.6. The Labute approximate surface area is 118 Å². The predicted octanol–water partition coefficient (Wildman–Crippen LogP) is 4.08. The second-order valence-corrected chi connectivity index (χ2v) is 5.19. The second kappa shape index (κ2) is 5.06. The number of carbonyl (C=O) groups excluding carboxylic acids is 1. The van der Waals surface area contributed by atoms with E-state index >= 15 is 0 Å². The molecule has 2 nitrogen and oxygen atoms in total. The zero-order chi connectivity index (χ0) is 14.2. The van der Waals surface area contributed by atoms with E-state index in [1.165, 1.54) is 0 Å². The lowest BCUT2D eigenvalue weighted by molar-refractivity contribution is 0.103. The highest BCUT2D eigenvalue weighted by molar-refractivity contribution is 6.35. The van der Waals surface area contributed by atoms with Gasteiger partial charge in [0.1, 0.15) is 0 Å². The van der Waals surface area contributed by atoms with E-state index < -0.39 is 0 Å². The molecule has 98 valence electrons. The van der Waals surface area contributed by atoms with Crippen molar-refractivity contribution in [3.8, 4) is 0 Å². The first-order chi connectivity index (χ1) is 8.91. The number of rotatable bonds is 2. The number of nitrogen functional groups attached to an aromatic ring is 1. The molecule has 2 N–H and O–H groups in total. The maximum atomic E-state index is 12.6. The quantitative estimate of drug-likeness (QED) is 0.662. The summed E-state index contributed by atoms with van der Waals surface area (Å²) in [6.45, 7) is 5.81. The summed E-state index contributed by atoms with van der Waals surface area (Å²) in [5.41, 5.74) is 10.4. The molecule has 2 aromatic carbocycles. The Balaban J connectivity index is 2.60. The fourth-order valence-corrected chi connectivity index (χ4v) is 2.39. The Morgan fingerprint density at radius 2 is 1.68 bits per heavy atom. The van der Waals surface area contributed by atoms with Crippen LogP contribution in [0.4, 0.5) is 5.69 Å². The SMILES string of the molecule is Cc1cc(Cl)c(C(=O)c2c(C)cccc2N)cc1C. The van der Waals surface area contributed by atoms with Crippen molar-refractivity contribution in [2.24, 2.45) is 0 Å². The summed E-state index contributed by atoms with van der Waals surface area (Å²) in [6, 6.07) is 9.08. The van der Waals surface area contributed by atoms with E-state index in [9.17, 15) is 4.79 Å². The molecule has 0 bridgehead atoms. The van der Waals surface area contributed by atoms with Gasteiger partial charge in [-0.25, -0.2) is 0 Å². The van der Waals surface area contributed by atoms with Crippen LogP contribution in [-0.4, -0.2) is 5.78 Å². The predicted molar refractivity (Wildman–Crippen MR) is 79.9 cm³/mol. The lowest BCUT2D eigenvalue weighted by atomic mass is 9.95. The zero-order valence-corrected chi connectivity index (χ0v) is 12.0. The van der Waals surface area contributed by atoms with Crippen LogP contribution in [0.1, 0.15) is 32.6 Å². The van der Waals surface area contributed by atoms with Gasteiger partial charge in [-0.15, -0.1) is 0 Å². The molecule has 0 aliphatic rings. The summed E-state index contributed by atoms with van der Waals surface area (Å²) in [5, 5.41) is 0.468. The van der Waals surface area contributed by atoms with Crippen molar-refractivity contribution in [2.45, 2.75) is 20.8 Å². The van der Waals surface area contributed by atoms with Crippen LogP contribution in [0.2, 0.25) is 5.02 Å². The van der Waals surface area contributed by atoms with E-state index in [1.807, 2.05) is 45.0 Å². The van der Waals surface area contributed by atoms with Gasteiger partial charge >= 0.3 is 0 Å². The molecular formula is C16H16ClNO. The molecule has 0 atom stereocenters. The van der Waals surface area contributed by atoms with Gasteiger partial charge in [0.05, 0.1) is 5.02 Å². The minimum absolute atomic E-state index is 0.122. The number of nitrogens with two attached hydrogens (primary N) is 1. The Morgan fingerprint density at radius 1 is 1.05 bits per heavy atom. The first kappa shape index (κ1) is 13.6. The highest BCUT2D eigenvalue weighted by atomic mass is 35.5. The standard InChI is InChI=1S/C16H16ClNO/c1-9-5-4-6-14(18)15(9)16(19)12-7-10(2)11(3)8-13(12)17/h4-8H,18H2,1-3H3. The third-order valence-electron chi connectivity index (χ3n) is 3.36. The molecule has 2 rings (SSSR count). The van der Waals surface area contributed by atoms with Crippen molar-refractivity contribution in [3.63, 3.8) is 0 Å². The summed E-state index contributed by atoms with van der Waals surface area (Å²) < 4.78 is 0. The highest BCUT2D eigenvalue weighted by Gasteiger charge is 2.18. The molecule has 0 radical (unpaired) electrons. The molecule has 0 heterocycles. The number of ketones is 1. The molecule has 0 aliphatic carbocycles. The molecule has 0 aromatic heterocycles. The molecule has 19 heavy (non-hydrogen) atoms. The van der Waals surface area contributed by atoms with Crippen LogP contribution in [0.25, 0.3) is 0 Å². The fourth-order valence-electron chi connectivity index (χ4n) is 2.09. The number of hydrogen-bond acceptors (Lipinski definition) is 2. The van der Waals surface area contributed by atoms with Crippen LogP contribution >= 0.6 is 11.6 Å². The summed E-state index contributed by atoms with van der Waals surface area (Å²) in [5.74, 6) is -0.122. The number of benzene rings is 2. The van der Waals surface area contributed by atoms with Crippen LogP contribution in [0, 0.1) is 20.8 Å². The number of anilines is 1. The first-order valence-electron chi connectivity index (χ1n) is 6.08. The van der Waals surface area contributed by atoms with E-state index in [0.29, 0.717) is 21.8 Å². The zero-order valence-electron chi connectivity index (χ0n) is 11.3. The monoisotopic (exact) mass is 273 g/mol. The molecule has 0 spiro atoms. The van der Waals surface area contributed by atoms with Crippen LogP contribution in [-0.2, 0) is 0 Å². The molecule has 0 saturated heterocycles. The topological polar surface area (TPSA) is 43.1 Å². The van der Waals surface area contributed by atoms with Crippen molar-refractivity contribution < 1.29 is 4.79 Å². The Hall–Kier alpha value is -1.80. The number of aryl methyl sites for hydroxylation is 3. The third-order valence-corrected chi connectivity index (χ3v) is 3.67. The minimum Gasteiger partial charge on any atom is -0.398 e. The molecule has 0 fully saturated rings. The van der Waals surface area contributed by atoms with E-state index in [1.54, 1.807) is 6.07 Å². The van der Waals surface area contributed by atoms with Crippen LogP contribution < -0.4 is 5.73 Å². The van der Waals surface area contributed by atoms with Gasteiger partial charge in [-0.2, -0.15) is 0 Å². The van der Waals surface area contributed by atoms with Crippen molar-refractivity contribution >= 4 is 23.1 Å². The number of halogens is 1. The van der Waals surface area contributed by atoms with Gasteiger partial charge < -0.3 is 5.73 Å². The summed E-state index contributed by atoms with van der Waals surface area (Å²) >= 11 is 6.19. The summed E-state index contributed by atoms with van der Waals surface area (Å²) in [6.07, 6.45) is 0. The van der Waals surface area contributed by atoms with Crippen LogP contribution in [0.15, 0.2) is 30.3 Å². The average Bonchev–Trinajstić information content (AvgIpc) is 2.33. The van der Waals surface area contributed by atoms with E-state index in [2.05, 4.69) is 0 Å². The van der Waals surface area contributed by atoms with Crippen LogP contribution in [0.5, 0.6) is 0 Å². The minimum atomic E-state index is -0.122. The number of hydrogen-bond donors (Lipinski definition) is 1. The Bertz CT molecular complexity index is 642. The van der Waals surface area contributed by atoms with Crippen molar-refractivity contribution in [1.82, 2.24) is 0 Å². The van der Waals surface area contributed by atoms with Gasteiger partial charge in [-0.05, 0) is 55.7 Å². The lowest BCUT2D eigenvalue weighted by Gasteiger charge is -2.11. The first-order valence-corrected chi connectivity index (χ1v) is 6.46. The average molecular weight is 274 g/mol. The largest absolute Gasteiger partial charge is 0.398 e. The Morgan fingerprint density at radius 3 is 2.32 bits per heavy atom. The van der Waals surface area contributed by atoms with E-state index in [-0.39, 0.29) is 5.78 Å². The van der Waals surface area contributed by atoms with Gasteiger partial charge in [0, 0.05) is 16.8 Å². The lowest BCUT2D eigenvalue weighted by Crippen LogP contribution is -2.09. The fraction of sp³-hybridized carbons (Fsp3) is 0.188. The van der Waals surface area contributed by atoms with Gasteiger partial charge in [0.25, 0.3) is 0 Å². The molecule has 3 heteroatoms. The number of carbonyl (C=O) groups is 1. The molecule has 0 amide bonds. The molecule has 0 saturated carbocycles. The van der Waals surface area contributed by atoms with Crippen molar-refractivity contribution in [1.29, 1.82) is 0 Å². The van der Waals surface area contributed by atoms with Gasteiger partial charge in [0.2, 0.25) is 0 Å². The van der Waals surface area contributed by atoms with Crippen molar-refractivity contribution in [2.75, 3.05) is 5.73 Å². The van der Waals surface area contributed by atoms with Crippen LogP contribution in [0.3, 0.4) is 0 Å². The van der Waals surface area contributed by atoms with Gasteiger partial charge in [-0.1, -0.05) is 23.7 Å². The summed E-state index contributed by atoms with van der Waals surface area (Å²) in [4.78, 5) is 12.6.